The van der Waals surface area contributed by atoms with E-state index in [1.165, 1.54) is 6.92 Å². The topological polar surface area (TPSA) is 71.1 Å². The minimum absolute atomic E-state index is 0.132. The first-order chi connectivity index (χ1) is 8.02. The monoisotopic (exact) mass is 244 g/mol. The van der Waals surface area contributed by atoms with Crippen LogP contribution in [0.1, 0.15) is 13.8 Å². The van der Waals surface area contributed by atoms with Gasteiger partial charge in [0.05, 0.1) is 12.7 Å². The highest BCUT2D eigenvalue weighted by Gasteiger charge is 2.26. The van der Waals surface area contributed by atoms with Crippen LogP contribution < -0.4 is 0 Å². The molecule has 0 spiro atoms. The summed E-state index contributed by atoms with van der Waals surface area (Å²) in [6, 6.07) is 0. The molecule has 1 aliphatic heterocycles. The maximum absolute atomic E-state index is 11.5. The number of ether oxygens (including phenoxy) is 4. The predicted octanol–water partition coefficient (Wildman–Crippen LogP) is 0.409. The van der Waals surface area contributed by atoms with Crippen LogP contribution in [0.3, 0.4) is 0 Å². The minimum Gasteiger partial charge on any atom is -0.447 e. The fourth-order valence-electron chi connectivity index (χ4n) is 1.23. The van der Waals surface area contributed by atoms with Crippen LogP contribution in [0.4, 0.5) is 0 Å². The second kappa shape index (κ2) is 6.36. The van der Waals surface area contributed by atoms with Crippen molar-refractivity contribution in [3.8, 4) is 0 Å². The quantitative estimate of drug-likeness (QED) is 0.527. The van der Waals surface area contributed by atoms with Gasteiger partial charge in [-0.15, -0.1) is 0 Å². The summed E-state index contributed by atoms with van der Waals surface area (Å²) >= 11 is 0. The number of hydrogen-bond acceptors (Lipinski definition) is 6. The summed E-state index contributed by atoms with van der Waals surface area (Å²) in [5, 5.41) is 0. The number of hydrogen-bond donors (Lipinski definition) is 0. The van der Waals surface area contributed by atoms with Crippen LogP contribution in [0, 0.1) is 0 Å². The molecule has 0 aromatic rings. The maximum atomic E-state index is 11.5. The molecule has 0 saturated carbocycles. The highest BCUT2D eigenvalue weighted by molar-refractivity contribution is 5.84. The molecule has 1 rings (SSSR count). The van der Waals surface area contributed by atoms with E-state index in [4.69, 9.17) is 18.9 Å². The molecule has 17 heavy (non-hydrogen) atoms. The van der Waals surface area contributed by atoms with Crippen LogP contribution in [0.25, 0.3) is 0 Å². The first kappa shape index (κ1) is 13.7. The third-order valence-corrected chi connectivity index (χ3v) is 2.03. The maximum Gasteiger partial charge on any atom is 0.349 e. The van der Waals surface area contributed by atoms with Gasteiger partial charge in [0, 0.05) is 6.08 Å². The molecule has 1 fully saturated rings. The molecule has 3 atom stereocenters. The van der Waals surface area contributed by atoms with E-state index in [2.05, 4.69) is 6.58 Å². The lowest BCUT2D eigenvalue weighted by Gasteiger charge is -2.28. The first-order valence-electron chi connectivity index (χ1n) is 5.29. The van der Waals surface area contributed by atoms with Gasteiger partial charge in [0.1, 0.15) is 6.61 Å². The molecule has 0 aliphatic carbocycles. The molecular formula is C11H16O6. The highest BCUT2D eigenvalue weighted by atomic mass is 16.7. The van der Waals surface area contributed by atoms with Gasteiger partial charge in [-0.1, -0.05) is 6.58 Å². The summed E-state index contributed by atoms with van der Waals surface area (Å²) in [5.74, 6) is -1.36. The van der Waals surface area contributed by atoms with Crippen molar-refractivity contribution in [1.29, 1.82) is 0 Å². The van der Waals surface area contributed by atoms with E-state index in [0.717, 1.165) is 6.08 Å². The van der Waals surface area contributed by atoms with E-state index < -0.39 is 24.3 Å². The SMILES string of the molecule is C=CC(=O)OC(C)C(=O)OC1COCC(C)O1. The Balaban J connectivity index is 2.37. The van der Waals surface area contributed by atoms with Gasteiger partial charge in [-0.3, -0.25) is 0 Å². The molecule has 1 heterocycles. The molecule has 0 radical (unpaired) electrons. The zero-order valence-corrected chi connectivity index (χ0v) is 9.88. The lowest BCUT2D eigenvalue weighted by atomic mass is 10.4. The molecule has 6 nitrogen and oxygen atoms in total. The third-order valence-electron chi connectivity index (χ3n) is 2.03. The van der Waals surface area contributed by atoms with Crippen molar-refractivity contribution in [2.75, 3.05) is 13.2 Å². The van der Waals surface area contributed by atoms with Gasteiger partial charge < -0.3 is 18.9 Å². The van der Waals surface area contributed by atoms with E-state index in [1.807, 2.05) is 0 Å². The zero-order chi connectivity index (χ0) is 12.8. The lowest BCUT2D eigenvalue weighted by Crippen LogP contribution is -2.40. The Bertz CT molecular complexity index is 300. The highest BCUT2D eigenvalue weighted by Crippen LogP contribution is 2.10. The van der Waals surface area contributed by atoms with E-state index >= 15 is 0 Å². The van der Waals surface area contributed by atoms with Crippen molar-refractivity contribution in [3.05, 3.63) is 12.7 Å². The molecule has 0 N–H and O–H groups in total. The molecular weight excluding hydrogens is 228 g/mol. The summed E-state index contributed by atoms with van der Waals surface area (Å²) in [4.78, 5) is 22.4. The Labute approximate surface area is 99.5 Å². The Hall–Kier alpha value is -1.40. The molecule has 1 saturated heterocycles. The van der Waals surface area contributed by atoms with Crippen LogP contribution in [-0.4, -0.2) is 43.7 Å². The van der Waals surface area contributed by atoms with Crippen molar-refractivity contribution >= 4 is 11.9 Å². The van der Waals surface area contributed by atoms with Crippen LogP contribution in [0.5, 0.6) is 0 Å². The van der Waals surface area contributed by atoms with Crippen molar-refractivity contribution in [2.24, 2.45) is 0 Å². The first-order valence-corrected chi connectivity index (χ1v) is 5.29. The second-order valence-electron chi connectivity index (χ2n) is 3.63. The molecule has 96 valence electrons. The third kappa shape index (κ3) is 4.54. The van der Waals surface area contributed by atoms with Gasteiger partial charge in [-0.25, -0.2) is 9.59 Å². The molecule has 0 aromatic heterocycles. The van der Waals surface area contributed by atoms with Crippen LogP contribution in [0.15, 0.2) is 12.7 Å². The lowest BCUT2D eigenvalue weighted by molar-refractivity contribution is -0.239. The fourth-order valence-corrected chi connectivity index (χ4v) is 1.23. The number of carbonyl (C=O) groups excluding carboxylic acids is 2. The normalized spacial score (nSPS) is 25.8. The number of esters is 2. The molecule has 0 bridgehead atoms. The Morgan fingerprint density at radius 1 is 1.47 bits per heavy atom. The minimum atomic E-state index is -0.999. The van der Waals surface area contributed by atoms with Crippen molar-refractivity contribution in [1.82, 2.24) is 0 Å². The van der Waals surface area contributed by atoms with Gasteiger partial charge in [0.25, 0.3) is 0 Å². The van der Waals surface area contributed by atoms with Gasteiger partial charge in [-0.05, 0) is 13.8 Å². The summed E-state index contributed by atoms with van der Waals surface area (Å²) in [7, 11) is 0. The van der Waals surface area contributed by atoms with Gasteiger partial charge in [0.15, 0.2) is 6.10 Å². The average molecular weight is 244 g/mol. The molecule has 1 aliphatic rings. The largest absolute Gasteiger partial charge is 0.447 e. The summed E-state index contributed by atoms with van der Waals surface area (Å²) in [6.07, 6.45) is -0.906. The van der Waals surface area contributed by atoms with Crippen LogP contribution >= 0.6 is 0 Å². The number of rotatable bonds is 4. The van der Waals surface area contributed by atoms with Gasteiger partial charge in [-0.2, -0.15) is 0 Å². The molecule has 0 aromatic carbocycles. The summed E-state index contributed by atoms with van der Waals surface area (Å²) < 4.78 is 20.1. The van der Waals surface area contributed by atoms with Crippen LogP contribution in [0.2, 0.25) is 0 Å². The zero-order valence-electron chi connectivity index (χ0n) is 9.88. The van der Waals surface area contributed by atoms with Crippen LogP contribution in [-0.2, 0) is 28.5 Å². The molecule has 0 amide bonds. The van der Waals surface area contributed by atoms with E-state index in [1.54, 1.807) is 6.92 Å². The summed E-state index contributed by atoms with van der Waals surface area (Å²) in [6.45, 7) is 7.09. The van der Waals surface area contributed by atoms with Crippen molar-refractivity contribution in [3.63, 3.8) is 0 Å². The Morgan fingerprint density at radius 2 is 2.18 bits per heavy atom. The van der Waals surface area contributed by atoms with E-state index in [0.29, 0.717) is 6.61 Å². The predicted molar refractivity (Wildman–Crippen MR) is 57.0 cm³/mol. The Morgan fingerprint density at radius 3 is 2.76 bits per heavy atom. The van der Waals surface area contributed by atoms with E-state index in [-0.39, 0.29) is 12.7 Å². The van der Waals surface area contributed by atoms with Gasteiger partial charge >= 0.3 is 11.9 Å². The second-order valence-corrected chi connectivity index (χ2v) is 3.63. The van der Waals surface area contributed by atoms with E-state index in [9.17, 15) is 9.59 Å². The Kier molecular flexibility index (Phi) is 5.11. The standard InChI is InChI=1S/C11H16O6/c1-4-9(12)16-8(3)11(13)17-10-6-14-5-7(2)15-10/h4,7-8,10H,1,5-6H2,2-3H3. The van der Waals surface area contributed by atoms with Crippen molar-refractivity contribution in [2.45, 2.75) is 32.3 Å². The molecule has 6 heteroatoms. The number of carbonyl (C=O) groups is 2. The smallest absolute Gasteiger partial charge is 0.349 e. The molecule has 3 unspecified atom stereocenters. The summed E-state index contributed by atoms with van der Waals surface area (Å²) in [5.41, 5.74) is 0. The fraction of sp³-hybridized carbons (Fsp3) is 0.636. The average Bonchev–Trinajstić information content (AvgIpc) is 2.28. The van der Waals surface area contributed by atoms with Crippen molar-refractivity contribution < 1.29 is 28.5 Å². The van der Waals surface area contributed by atoms with Gasteiger partial charge in [0.2, 0.25) is 6.29 Å².